The zero-order chi connectivity index (χ0) is 18.1. The molecule has 2 atom stereocenters. The van der Waals surface area contributed by atoms with Crippen LogP contribution in [0.15, 0.2) is 18.2 Å². The van der Waals surface area contributed by atoms with E-state index in [1.54, 1.807) is 7.11 Å². The Morgan fingerprint density at radius 2 is 2.19 bits per heavy atom. The zero-order valence-electron chi connectivity index (χ0n) is 15.9. The molecule has 6 nitrogen and oxygen atoms in total. The van der Waals surface area contributed by atoms with Crippen LogP contribution in [0.4, 0.5) is 0 Å². The molecule has 148 valence electrons. The fraction of sp³-hybridized carbons (Fsp3) is 0.632. The average molecular weight is 387 g/mol. The Hall–Kier alpha value is -1.50. The van der Waals surface area contributed by atoms with Crippen molar-refractivity contribution in [1.29, 1.82) is 0 Å². The van der Waals surface area contributed by atoms with Crippen LogP contribution in [0.1, 0.15) is 44.7 Å². The van der Waals surface area contributed by atoms with Gasteiger partial charge in [-0.2, -0.15) is 0 Å². The number of hydrogen-bond donors (Lipinski definition) is 2. The Bertz CT molecular complexity index is 550. The fourth-order valence-corrected chi connectivity index (χ4v) is 2.73. The highest BCUT2D eigenvalue weighted by Crippen LogP contribution is 2.30. The van der Waals surface area contributed by atoms with Crippen LogP contribution in [0.2, 0.25) is 0 Å². The number of hydrogen-bond acceptors (Lipinski definition) is 5. The molecule has 1 aromatic rings. The van der Waals surface area contributed by atoms with Crippen LogP contribution in [0.3, 0.4) is 0 Å². The number of methoxy groups -OCH3 is 1. The minimum absolute atomic E-state index is 0. The quantitative estimate of drug-likeness (QED) is 0.639. The molecule has 0 bridgehead atoms. The van der Waals surface area contributed by atoms with Crippen LogP contribution >= 0.6 is 12.4 Å². The third kappa shape index (κ3) is 6.67. The standard InChI is InChI=1S/C19H30N2O4.ClH/c1-4-5-6-10-24-16-8-7-15(12-17(16)23-3)14(2)21-19(22)18-13-20-9-11-25-18;/h7-8,12,14,18,20H,4-6,9-11,13H2,1-3H3,(H,21,22);1H. The molecule has 1 aliphatic heterocycles. The smallest absolute Gasteiger partial charge is 0.250 e. The van der Waals surface area contributed by atoms with E-state index in [9.17, 15) is 4.79 Å². The van der Waals surface area contributed by atoms with Crippen molar-refractivity contribution in [2.45, 2.75) is 45.3 Å². The number of halogens is 1. The van der Waals surface area contributed by atoms with Gasteiger partial charge in [0.1, 0.15) is 6.10 Å². The van der Waals surface area contributed by atoms with Crippen molar-refractivity contribution in [2.24, 2.45) is 0 Å². The third-order valence-corrected chi connectivity index (χ3v) is 4.27. The van der Waals surface area contributed by atoms with Crippen LogP contribution in [0, 0.1) is 0 Å². The lowest BCUT2D eigenvalue weighted by Crippen LogP contribution is -2.48. The van der Waals surface area contributed by atoms with Gasteiger partial charge in [-0.15, -0.1) is 12.4 Å². The summed E-state index contributed by atoms with van der Waals surface area (Å²) in [5.41, 5.74) is 0.967. The molecule has 0 radical (unpaired) electrons. The van der Waals surface area contributed by atoms with Gasteiger partial charge in [0.05, 0.1) is 26.4 Å². The Kier molecular flexibility index (Phi) is 10.4. The largest absolute Gasteiger partial charge is 0.493 e. The van der Waals surface area contributed by atoms with Crippen LogP contribution in [0.5, 0.6) is 11.5 Å². The number of unbranched alkanes of at least 4 members (excludes halogenated alkanes) is 2. The van der Waals surface area contributed by atoms with Crippen LogP contribution in [0.25, 0.3) is 0 Å². The molecule has 2 rings (SSSR count). The molecule has 1 aromatic carbocycles. The number of amides is 1. The van der Waals surface area contributed by atoms with Gasteiger partial charge in [0.15, 0.2) is 11.5 Å². The van der Waals surface area contributed by atoms with Crippen molar-refractivity contribution < 1.29 is 19.0 Å². The average Bonchev–Trinajstić information content (AvgIpc) is 2.65. The molecule has 26 heavy (non-hydrogen) atoms. The van der Waals surface area contributed by atoms with E-state index in [1.165, 1.54) is 0 Å². The molecule has 2 unspecified atom stereocenters. The summed E-state index contributed by atoms with van der Waals surface area (Å²) in [7, 11) is 1.63. The summed E-state index contributed by atoms with van der Waals surface area (Å²) in [6.45, 7) is 6.69. The number of nitrogens with one attached hydrogen (secondary N) is 2. The van der Waals surface area contributed by atoms with Gasteiger partial charge >= 0.3 is 0 Å². The lowest BCUT2D eigenvalue weighted by molar-refractivity contribution is -0.134. The molecule has 2 N–H and O–H groups in total. The maximum absolute atomic E-state index is 12.3. The Balaban J connectivity index is 0.00000338. The first kappa shape index (κ1) is 22.5. The van der Waals surface area contributed by atoms with Crippen LogP contribution < -0.4 is 20.1 Å². The SMILES string of the molecule is CCCCCOc1ccc(C(C)NC(=O)C2CNCCO2)cc1OC.Cl. The zero-order valence-corrected chi connectivity index (χ0v) is 16.7. The fourth-order valence-electron chi connectivity index (χ4n) is 2.73. The Morgan fingerprint density at radius 3 is 2.85 bits per heavy atom. The number of ether oxygens (including phenoxy) is 3. The van der Waals surface area contributed by atoms with Gasteiger partial charge in [0, 0.05) is 13.1 Å². The molecule has 1 saturated heterocycles. The summed E-state index contributed by atoms with van der Waals surface area (Å²) in [6.07, 6.45) is 2.92. The van der Waals surface area contributed by atoms with Crippen LogP contribution in [-0.2, 0) is 9.53 Å². The number of morpholine rings is 1. The highest BCUT2D eigenvalue weighted by Gasteiger charge is 2.23. The maximum Gasteiger partial charge on any atom is 0.250 e. The number of rotatable bonds is 9. The molecule has 0 spiro atoms. The molecule has 1 fully saturated rings. The van der Waals surface area contributed by atoms with E-state index in [0.717, 1.165) is 37.1 Å². The van der Waals surface area contributed by atoms with Gasteiger partial charge < -0.3 is 24.8 Å². The molecule has 0 aliphatic carbocycles. The number of carbonyl (C=O) groups is 1. The van der Waals surface area contributed by atoms with Crippen molar-refractivity contribution in [2.75, 3.05) is 33.4 Å². The van der Waals surface area contributed by atoms with Gasteiger partial charge in [-0.25, -0.2) is 0 Å². The molecule has 1 aliphatic rings. The van der Waals surface area contributed by atoms with E-state index in [4.69, 9.17) is 14.2 Å². The minimum Gasteiger partial charge on any atom is -0.493 e. The number of carbonyl (C=O) groups excluding carboxylic acids is 1. The van der Waals surface area contributed by atoms with Crippen molar-refractivity contribution >= 4 is 18.3 Å². The van der Waals surface area contributed by atoms with E-state index in [-0.39, 0.29) is 24.4 Å². The van der Waals surface area contributed by atoms with Crippen molar-refractivity contribution in [3.05, 3.63) is 23.8 Å². The normalized spacial score (nSPS) is 17.7. The third-order valence-electron chi connectivity index (χ3n) is 4.27. The highest BCUT2D eigenvalue weighted by atomic mass is 35.5. The van der Waals surface area contributed by atoms with E-state index < -0.39 is 6.10 Å². The molecule has 0 aromatic heterocycles. The van der Waals surface area contributed by atoms with Gasteiger partial charge in [0.2, 0.25) is 0 Å². The van der Waals surface area contributed by atoms with E-state index in [1.807, 2.05) is 25.1 Å². The summed E-state index contributed by atoms with van der Waals surface area (Å²) in [5.74, 6) is 1.32. The first-order valence-electron chi connectivity index (χ1n) is 9.09. The molecular weight excluding hydrogens is 356 g/mol. The Morgan fingerprint density at radius 1 is 1.38 bits per heavy atom. The van der Waals surface area contributed by atoms with E-state index >= 15 is 0 Å². The second kappa shape index (κ2) is 12.0. The number of benzene rings is 1. The topological polar surface area (TPSA) is 68.8 Å². The minimum atomic E-state index is -0.431. The monoisotopic (exact) mass is 386 g/mol. The summed E-state index contributed by atoms with van der Waals surface area (Å²) in [4.78, 5) is 12.3. The summed E-state index contributed by atoms with van der Waals surface area (Å²) >= 11 is 0. The van der Waals surface area contributed by atoms with Crippen LogP contribution in [-0.4, -0.2) is 45.4 Å². The van der Waals surface area contributed by atoms with Gasteiger partial charge in [-0.3, -0.25) is 4.79 Å². The second-order valence-corrected chi connectivity index (χ2v) is 6.26. The van der Waals surface area contributed by atoms with Crippen molar-refractivity contribution in [3.8, 4) is 11.5 Å². The molecule has 7 heteroatoms. The van der Waals surface area contributed by atoms with Crippen molar-refractivity contribution in [1.82, 2.24) is 10.6 Å². The van der Waals surface area contributed by atoms with Gasteiger partial charge in [-0.1, -0.05) is 25.8 Å². The lowest BCUT2D eigenvalue weighted by atomic mass is 10.1. The summed E-state index contributed by atoms with van der Waals surface area (Å²) in [5, 5.41) is 6.16. The lowest BCUT2D eigenvalue weighted by Gasteiger charge is -2.25. The van der Waals surface area contributed by atoms with Crippen molar-refractivity contribution in [3.63, 3.8) is 0 Å². The molecule has 0 saturated carbocycles. The Labute approximate surface area is 162 Å². The summed E-state index contributed by atoms with van der Waals surface area (Å²) in [6, 6.07) is 5.64. The van der Waals surface area contributed by atoms with E-state index in [2.05, 4.69) is 17.6 Å². The predicted molar refractivity (Wildman–Crippen MR) is 104 cm³/mol. The molecule has 1 heterocycles. The second-order valence-electron chi connectivity index (χ2n) is 6.26. The summed E-state index contributed by atoms with van der Waals surface area (Å²) < 4.78 is 16.7. The molecular formula is C19H31ClN2O4. The maximum atomic E-state index is 12.3. The van der Waals surface area contributed by atoms with Gasteiger partial charge in [-0.05, 0) is 31.0 Å². The van der Waals surface area contributed by atoms with E-state index in [0.29, 0.717) is 25.5 Å². The first-order chi connectivity index (χ1) is 12.2. The van der Waals surface area contributed by atoms with Gasteiger partial charge in [0.25, 0.3) is 5.91 Å². The molecule has 1 amide bonds. The highest BCUT2D eigenvalue weighted by molar-refractivity contribution is 5.85. The first-order valence-corrected chi connectivity index (χ1v) is 9.09. The predicted octanol–water partition coefficient (Wildman–Crippen LogP) is 2.85.